The first-order valence-electron chi connectivity index (χ1n) is 5.52. The van der Waals surface area contributed by atoms with E-state index in [-0.39, 0.29) is 10.6 Å². The van der Waals surface area contributed by atoms with Crippen molar-refractivity contribution in [3.8, 4) is 0 Å². The topological polar surface area (TPSA) is 57.8 Å². The summed E-state index contributed by atoms with van der Waals surface area (Å²) < 4.78 is 0. The number of nitrogens with zero attached hydrogens (tertiary/aromatic N) is 1. The maximum absolute atomic E-state index is 11.2. The predicted octanol–water partition coefficient (Wildman–Crippen LogP) is 2.27. The summed E-state index contributed by atoms with van der Waals surface area (Å²) in [5.74, 6) is 0.647. The zero-order chi connectivity index (χ0) is 11.8. The summed E-state index contributed by atoms with van der Waals surface area (Å²) in [5, 5.41) is 9.44. The van der Waals surface area contributed by atoms with Crippen LogP contribution in [0.3, 0.4) is 0 Å². The number of H-pyrrole nitrogens is 1. The van der Waals surface area contributed by atoms with E-state index in [9.17, 15) is 4.79 Å². The van der Waals surface area contributed by atoms with E-state index in [1.165, 1.54) is 12.8 Å². The van der Waals surface area contributed by atoms with Crippen LogP contribution in [0.5, 0.6) is 0 Å². The van der Waals surface area contributed by atoms with Crippen molar-refractivity contribution in [2.75, 3.05) is 11.9 Å². The normalized spacial score (nSPS) is 17.5. The van der Waals surface area contributed by atoms with E-state index in [2.05, 4.69) is 29.4 Å². The molecule has 0 bridgehead atoms. The summed E-state index contributed by atoms with van der Waals surface area (Å²) in [6.45, 7) is 5.31. The molecule has 1 aliphatic rings. The molecule has 1 fully saturated rings. The monoisotopic (exact) mass is 241 g/mol. The predicted molar refractivity (Wildman–Crippen MR) is 64.9 cm³/mol. The number of rotatable bonds is 4. The molecule has 0 aromatic carbocycles. The standard InChI is InChI=1S/C11H16ClN3O/c1-7(2)11(3-4-11)6-13-8-5-14-15-10(16)9(8)12/h5,7H,3-4,6H2,1-2H3,(H2,13,15,16). The molecule has 2 rings (SSSR count). The average Bonchev–Trinajstić information content (AvgIpc) is 3.01. The molecule has 2 N–H and O–H groups in total. The molecule has 0 saturated heterocycles. The molecule has 0 radical (unpaired) electrons. The van der Waals surface area contributed by atoms with Crippen molar-refractivity contribution in [2.24, 2.45) is 11.3 Å². The van der Waals surface area contributed by atoms with Gasteiger partial charge in [0.05, 0.1) is 11.9 Å². The minimum absolute atomic E-state index is 0.189. The lowest BCUT2D eigenvalue weighted by Crippen LogP contribution is -2.22. The molecule has 1 aromatic heterocycles. The summed E-state index contributed by atoms with van der Waals surface area (Å²) in [5.41, 5.74) is 0.657. The van der Waals surface area contributed by atoms with Gasteiger partial charge < -0.3 is 5.32 Å². The highest BCUT2D eigenvalue weighted by atomic mass is 35.5. The van der Waals surface area contributed by atoms with Crippen LogP contribution in [0.15, 0.2) is 11.0 Å². The number of aromatic amines is 1. The van der Waals surface area contributed by atoms with Gasteiger partial charge in [0.2, 0.25) is 0 Å². The number of halogens is 1. The number of hydrogen-bond acceptors (Lipinski definition) is 3. The molecule has 16 heavy (non-hydrogen) atoms. The van der Waals surface area contributed by atoms with Crippen molar-refractivity contribution in [1.29, 1.82) is 0 Å². The third-order valence-corrected chi connectivity index (χ3v) is 3.92. The van der Waals surface area contributed by atoms with Crippen LogP contribution in [0.4, 0.5) is 5.69 Å². The van der Waals surface area contributed by atoms with Gasteiger partial charge in [0.25, 0.3) is 5.56 Å². The minimum Gasteiger partial charge on any atom is -0.382 e. The van der Waals surface area contributed by atoms with Gasteiger partial charge in [0.15, 0.2) is 0 Å². The highest BCUT2D eigenvalue weighted by molar-refractivity contribution is 6.32. The average molecular weight is 242 g/mol. The maximum atomic E-state index is 11.2. The Morgan fingerprint density at radius 1 is 1.62 bits per heavy atom. The quantitative estimate of drug-likeness (QED) is 0.850. The molecule has 0 atom stereocenters. The molecule has 0 spiro atoms. The van der Waals surface area contributed by atoms with Crippen molar-refractivity contribution in [3.05, 3.63) is 21.6 Å². The van der Waals surface area contributed by atoms with Crippen LogP contribution in [0, 0.1) is 11.3 Å². The lowest BCUT2D eigenvalue weighted by molar-refractivity contribution is 0.380. The van der Waals surface area contributed by atoms with Crippen LogP contribution in [-0.2, 0) is 0 Å². The van der Waals surface area contributed by atoms with E-state index >= 15 is 0 Å². The molecular weight excluding hydrogens is 226 g/mol. The van der Waals surface area contributed by atoms with E-state index < -0.39 is 0 Å². The van der Waals surface area contributed by atoms with Gasteiger partial charge in [-0.25, -0.2) is 5.10 Å². The second kappa shape index (κ2) is 4.09. The molecule has 0 aliphatic heterocycles. The van der Waals surface area contributed by atoms with Crippen molar-refractivity contribution < 1.29 is 0 Å². The van der Waals surface area contributed by atoms with Crippen molar-refractivity contribution in [1.82, 2.24) is 10.2 Å². The van der Waals surface area contributed by atoms with Gasteiger partial charge in [0.1, 0.15) is 5.02 Å². The Bertz CT molecular complexity index is 437. The van der Waals surface area contributed by atoms with E-state index in [0.717, 1.165) is 6.54 Å². The molecule has 1 heterocycles. The van der Waals surface area contributed by atoms with Gasteiger partial charge in [-0.3, -0.25) is 4.79 Å². The Morgan fingerprint density at radius 3 is 2.88 bits per heavy atom. The van der Waals surface area contributed by atoms with E-state index in [1.807, 2.05) is 0 Å². The number of nitrogens with one attached hydrogen (secondary N) is 2. The van der Waals surface area contributed by atoms with Crippen LogP contribution >= 0.6 is 11.6 Å². The van der Waals surface area contributed by atoms with Gasteiger partial charge in [-0.05, 0) is 24.2 Å². The van der Waals surface area contributed by atoms with Crippen LogP contribution in [-0.4, -0.2) is 16.7 Å². The van der Waals surface area contributed by atoms with Gasteiger partial charge in [-0.1, -0.05) is 25.4 Å². The van der Waals surface area contributed by atoms with Gasteiger partial charge in [-0.15, -0.1) is 0 Å². The van der Waals surface area contributed by atoms with Crippen LogP contribution in [0.2, 0.25) is 5.02 Å². The molecule has 4 nitrogen and oxygen atoms in total. The van der Waals surface area contributed by atoms with Crippen molar-refractivity contribution in [2.45, 2.75) is 26.7 Å². The molecule has 1 aliphatic carbocycles. The molecular formula is C11H16ClN3O. The van der Waals surface area contributed by atoms with E-state index in [1.54, 1.807) is 6.20 Å². The Kier molecular flexibility index (Phi) is 2.93. The fraction of sp³-hybridized carbons (Fsp3) is 0.636. The highest BCUT2D eigenvalue weighted by Crippen LogP contribution is 2.51. The fourth-order valence-corrected chi connectivity index (χ4v) is 2.05. The Morgan fingerprint density at radius 2 is 2.31 bits per heavy atom. The zero-order valence-corrected chi connectivity index (χ0v) is 10.3. The summed E-state index contributed by atoms with van der Waals surface area (Å²) in [4.78, 5) is 11.2. The first kappa shape index (κ1) is 11.5. The summed E-state index contributed by atoms with van der Waals surface area (Å²) >= 11 is 5.88. The molecule has 5 heteroatoms. The maximum Gasteiger partial charge on any atom is 0.285 e. The Hall–Kier alpha value is -1.03. The molecule has 0 unspecified atom stereocenters. The first-order valence-corrected chi connectivity index (χ1v) is 5.90. The molecule has 1 saturated carbocycles. The molecule has 1 aromatic rings. The first-order chi connectivity index (χ1) is 7.55. The fourth-order valence-electron chi connectivity index (χ4n) is 1.90. The lowest BCUT2D eigenvalue weighted by Gasteiger charge is -2.20. The summed E-state index contributed by atoms with van der Waals surface area (Å²) in [6.07, 6.45) is 4.04. The number of aromatic nitrogens is 2. The number of hydrogen-bond donors (Lipinski definition) is 2. The summed E-state index contributed by atoms with van der Waals surface area (Å²) in [7, 11) is 0. The zero-order valence-electron chi connectivity index (χ0n) is 9.51. The smallest absolute Gasteiger partial charge is 0.285 e. The van der Waals surface area contributed by atoms with Crippen LogP contribution in [0.25, 0.3) is 0 Å². The second-order valence-electron chi connectivity index (χ2n) is 4.80. The third-order valence-electron chi connectivity index (χ3n) is 3.54. The van der Waals surface area contributed by atoms with Gasteiger partial charge in [-0.2, -0.15) is 5.10 Å². The van der Waals surface area contributed by atoms with Crippen LogP contribution in [0.1, 0.15) is 26.7 Å². The minimum atomic E-state index is -0.346. The van der Waals surface area contributed by atoms with Crippen molar-refractivity contribution >= 4 is 17.3 Å². The van der Waals surface area contributed by atoms with E-state index in [4.69, 9.17) is 11.6 Å². The largest absolute Gasteiger partial charge is 0.382 e. The Labute approximate surface area is 99.4 Å². The van der Waals surface area contributed by atoms with Gasteiger partial charge >= 0.3 is 0 Å². The van der Waals surface area contributed by atoms with Crippen LogP contribution < -0.4 is 10.9 Å². The second-order valence-corrected chi connectivity index (χ2v) is 5.18. The lowest BCUT2D eigenvalue weighted by atomic mass is 9.92. The highest BCUT2D eigenvalue weighted by Gasteiger charge is 2.44. The number of anilines is 1. The molecule has 88 valence electrons. The van der Waals surface area contributed by atoms with Crippen molar-refractivity contribution in [3.63, 3.8) is 0 Å². The SMILES string of the molecule is CC(C)C1(CNc2cn[nH]c(=O)c2Cl)CC1. The van der Waals surface area contributed by atoms with Gasteiger partial charge in [0, 0.05) is 6.54 Å². The Balaban J connectivity index is 2.06. The van der Waals surface area contributed by atoms with E-state index in [0.29, 0.717) is 17.0 Å². The summed E-state index contributed by atoms with van der Waals surface area (Å²) in [6, 6.07) is 0. The molecule has 0 amide bonds. The third kappa shape index (κ3) is 2.07.